The zero-order valence-electron chi connectivity index (χ0n) is 9.39. The highest BCUT2D eigenvalue weighted by Gasteiger charge is 2.29. The summed E-state index contributed by atoms with van der Waals surface area (Å²) in [7, 11) is 1.93. The maximum atomic E-state index is 6.19. The van der Waals surface area contributed by atoms with Crippen LogP contribution in [0.15, 0.2) is 12.4 Å². The molecule has 2 heterocycles. The molecule has 0 spiro atoms. The number of hydrogen-bond acceptors (Lipinski definition) is 3. The Morgan fingerprint density at radius 2 is 2.53 bits per heavy atom. The van der Waals surface area contributed by atoms with Gasteiger partial charge in [0.1, 0.15) is 0 Å². The zero-order chi connectivity index (χ0) is 10.8. The molecule has 2 N–H and O–H groups in total. The molecule has 0 radical (unpaired) electrons. The van der Waals surface area contributed by atoms with Crippen molar-refractivity contribution >= 4 is 0 Å². The molecule has 1 saturated heterocycles. The van der Waals surface area contributed by atoms with Crippen molar-refractivity contribution in [1.82, 2.24) is 9.78 Å². The number of nitrogens with two attached hydrogens (primary N) is 1. The summed E-state index contributed by atoms with van der Waals surface area (Å²) in [5.41, 5.74) is 7.41. The van der Waals surface area contributed by atoms with Gasteiger partial charge in [-0.15, -0.1) is 0 Å². The average Bonchev–Trinajstić information content (AvgIpc) is 2.75. The van der Waals surface area contributed by atoms with Crippen molar-refractivity contribution in [1.29, 1.82) is 0 Å². The lowest BCUT2D eigenvalue weighted by Crippen LogP contribution is -2.35. The van der Waals surface area contributed by atoms with E-state index in [1.807, 2.05) is 24.1 Å². The van der Waals surface area contributed by atoms with Crippen molar-refractivity contribution in [2.75, 3.05) is 6.61 Å². The maximum Gasteiger partial charge on any atom is 0.0590 e. The third-order valence-electron chi connectivity index (χ3n) is 3.21. The summed E-state index contributed by atoms with van der Waals surface area (Å²) in [6.07, 6.45) is 6.20. The van der Waals surface area contributed by atoms with Crippen LogP contribution >= 0.6 is 0 Å². The van der Waals surface area contributed by atoms with Crippen molar-refractivity contribution in [2.45, 2.75) is 31.9 Å². The van der Waals surface area contributed by atoms with E-state index in [2.05, 4.69) is 12.0 Å². The highest BCUT2D eigenvalue weighted by Crippen LogP contribution is 2.24. The highest BCUT2D eigenvalue weighted by atomic mass is 16.5. The summed E-state index contributed by atoms with van der Waals surface area (Å²) in [5, 5.41) is 4.15. The summed E-state index contributed by atoms with van der Waals surface area (Å²) in [6.45, 7) is 2.97. The minimum Gasteiger partial charge on any atom is -0.378 e. The Bertz CT molecular complexity index is 323. The molecule has 0 bridgehead atoms. The van der Waals surface area contributed by atoms with Gasteiger partial charge in [0, 0.05) is 31.8 Å². The lowest BCUT2D eigenvalue weighted by molar-refractivity contribution is 0.0995. The van der Waals surface area contributed by atoms with Gasteiger partial charge >= 0.3 is 0 Å². The molecule has 0 aliphatic carbocycles. The molecule has 0 saturated carbocycles. The first-order valence-electron chi connectivity index (χ1n) is 5.51. The molecule has 4 heteroatoms. The Hall–Kier alpha value is -0.870. The number of aryl methyl sites for hydroxylation is 1. The van der Waals surface area contributed by atoms with E-state index in [1.165, 1.54) is 5.56 Å². The van der Waals surface area contributed by atoms with E-state index in [4.69, 9.17) is 10.5 Å². The van der Waals surface area contributed by atoms with Crippen molar-refractivity contribution in [3.63, 3.8) is 0 Å². The minimum absolute atomic E-state index is 0.187. The van der Waals surface area contributed by atoms with Gasteiger partial charge in [-0.3, -0.25) is 4.68 Å². The summed E-state index contributed by atoms with van der Waals surface area (Å²) in [4.78, 5) is 0. The Labute approximate surface area is 90.4 Å². The van der Waals surface area contributed by atoms with E-state index in [9.17, 15) is 0 Å². The first-order chi connectivity index (χ1) is 7.16. The Kier molecular flexibility index (Phi) is 3.07. The molecule has 1 aliphatic heterocycles. The minimum atomic E-state index is 0.187. The molecular weight excluding hydrogens is 190 g/mol. The Morgan fingerprint density at radius 1 is 1.73 bits per heavy atom. The van der Waals surface area contributed by atoms with Crippen LogP contribution in [0.2, 0.25) is 0 Å². The largest absolute Gasteiger partial charge is 0.378 e. The van der Waals surface area contributed by atoms with Gasteiger partial charge in [0.25, 0.3) is 0 Å². The van der Waals surface area contributed by atoms with Gasteiger partial charge in [0.05, 0.1) is 12.3 Å². The average molecular weight is 209 g/mol. The van der Waals surface area contributed by atoms with Crippen LogP contribution in [0.25, 0.3) is 0 Å². The number of rotatable bonds is 3. The molecule has 0 amide bonds. The zero-order valence-corrected chi connectivity index (χ0v) is 9.39. The monoisotopic (exact) mass is 209 g/mol. The van der Waals surface area contributed by atoms with Crippen molar-refractivity contribution in [2.24, 2.45) is 18.7 Å². The summed E-state index contributed by atoms with van der Waals surface area (Å²) in [5.74, 6) is 0.491. The van der Waals surface area contributed by atoms with Crippen molar-refractivity contribution in [3.8, 4) is 0 Å². The van der Waals surface area contributed by atoms with Crippen LogP contribution in [0.4, 0.5) is 0 Å². The van der Waals surface area contributed by atoms with E-state index in [0.717, 1.165) is 19.4 Å². The molecular formula is C11H19N3O. The Balaban J connectivity index is 1.94. The fourth-order valence-electron chi connectivity index (χ4n) is 2.31. The second kappa shape index (κ2) is 4.33. The van der Waals surface area contributed by atoms with Gasteiger partial charge in [-0.1, -0.05) is 0 Å². The molecule has 1 fully saturated rings. The smallest absolute Gasteiger partial charge is 0.0590 e. The van der Waals surface area contributed by atoms with E-state index in [1.54, 1.807) is 0 Å². The first-order valence-corrected chi connectivity index (χ1v) is 5.51. The molecule has 15 heavy (non-hydrogen) atoms. The Morgan fingerprint density at radius 3 is 3.07 bits per heavy atom. The third-order valence-corrected chi connectivity index (χ3v) is 3.21. The van der Waals surface area contributed by atoms with Crippen LogP contribution in [-0.4, -0.2) is 28.5 Å². The fourth-order valence-corrected chi connectivity index (χ4v) is 2.31. The van der Waals surface area contributed by atoms with Crippen molar-refractivity contribution < 1.29 is 4.74 Å². The molecule has 1 aliphatic rings. The van der Waals surface area contributed by atoms with Crippen LogP contribution in [0.5, 0.6) is 0 Å². The third kappa shape index (κ3) is 2.38. The second-order valence-electron chi connectivity index (χ2n) is 4.42. The molecule has 1 aromatic rings. The molecule has 84 valence electrons. The summed E-state index contributed by atoms with van der Waals surface area (Å²) >= 11 is 0. The van der Waals surface area contributed by atoms with Gasteiger partial charge in [0.2, 0.25) is 0 Å². The van der Waals surface area contributed by atoms with Gasteiger partial charge in [-0.25, -0.2) is 0 Å². The number of nitrogens with zero attached hydrogens (tertiary/aromatic N) is 2. The molecule has 3 unspecified atom stereocenters. The SMILES string of the molecule is CC1OCCC1C(N)Cc1cnn(C)c1. The maximum absolute atomic E-state index is 6.19. The number of aromatic nitrogens is 2. The normalized spacial score (nSPS) is 28.2. The molecule has 1 aromatic heterocycles. The van der Waals surface area contributed by atoms with Gasteiger partial charge < -0.3 is 10.5 Å². The lowest BCUT2D eigenvalue weighted by atomic mass is 9.90. The molecule has 3 atom stereocenters. The highest BCUT2D eigenvalue weighted by molar-refractivity contribution is 5.06. The standard InChI is InChI=1S/C11H19N3O/c1-8-10(3-4-15-8)11(12)5-9-6-13-14(2)7-9/h6-8,10-11H,3-5,12H2,1-2H3. The van der Waals surface area contributed by atoms with Crippen LogP contribution < -0.4 is 5.73 Å². The molecule has 4 nitrogen and oxygen atoms in total. The quantitative estimate of drug-likeness (QED) is 0.798. The summed E-state index contributed by atoms with van der Waals surface area (Å²) < 4.78 is 7.34. The van der Waals surface area contributed by atoms with E-state index in [0.29, 0.717) is 12.0 Å². The molecule has 0 aromatic carbocycles. The van der Waals surface area contributed by atoms with E-state index >= 15 is 0 Å². The van der Waals surface area contributed by atoms with Crippen LogP contribution in [-0.2, 0) is 18.2 Å². The van der Waals surface area contributed by atoms with Gasteiger partial charge in [0.15, 0.2) is 0 Å². The number of ether oxygens (including phenoxy) is 1. The lowest BCUT2D eigenvalue weighted by Gasteiger charge is -2.21. The predicted molar refractivity (Wildman–Crippen MR) is 58.4 cm³/mol. The summed E-state index contributed by atoms with van der Waals surface area (Å²) in [6, 6.07) is 0.187. The van der Waals surface area contributed by atoms with Crippen molar-refractivity contribution in [3.05, 3.63) is 18.0 Å². The predicted octanol–water partition coefficient (Wildman–Crippen LogP) is 0.715. The first kappa shape index (κ1) is 10.6. The fraction of sp³-hybridized carbons (Fsp3) is 0.727. The van der Waals surface area contributed by atoms with E-state index in [-0.39, 0.29) is 6.04 Å². The van der Waals surface area contributed by atoms with Crippen LogP contribution in [0, 0.1) is 5.92 Å². The second-order valence-corrected chi connectivity index (χ2v) is 4.42. The van der Waals surface area contributed by atoms with E-state index < -0.39 is 0 Å². The topological polar surface area (TPSA) is 53.1 Å². The van der Waals surface area contributed by atoms with Crippen LogP contribution in [0.1, 0.15) is 18.9 Å². The van der Waals surface area contributed by atoms with Gasteiger partial charge in [-0.05, 0) is 25.3 Å². The number of hydrogen-bond donors (Lipinski definition) is 1. The van der Waals surface area contributed by atoms with Crippen LogP contribution in [0.3, 0.4) is 0 Å². The van der Waals surface area contributed by atoms with Gasteiger partial charge in [-0.2, -0.15) is 5.10 Å². The molecule has 2 rings (SSSR count).